The van der Waals surface area contributed by atoms with Gasteiger partial charge in [0.05, 0.1) is 6.54 Å². The Kier molecular flexibility index (Phi) is 8.83. The summed E-state index contributed by atoms with van der Waals surface area (Å²) in [7, 11) is 2.08. The first-order chi connectivity index (χ1) is 12.2. The van der Waals surface area contributed by atoms with Crippen molar-refractivity contribution in [1.29, 1.82) is 0 Å². The first-order valence-corrected chi connectivity index (χ1v) is 9.39. The second-order valence-electron chi connectivity index (χ2n) is 6.14. The van der Waals surface area contributed by atoms with Crippen LogP contribution in [-0.2, 0) is 4.74 Å². The van der Waals surface area contributed by atoms with E-state index in [1.807, 2.05) is 0 Å². The zero-order valence-electron chi connectivity index (χ0n) is 15.2. The third-order valence-electron chi connectivity index (χ3n) is 4.23. The van der Waals surface area contributed by atoms with Gasteiger partial charge < -0.3 is 19.7 Å². The first kappa shape index (κ1) is 19.8. The van der Waals surface area contributed by atoms with Gasteiger partial charge in [-0.2, -0.15) is 0 Å². The Balaban J connectivity index is 1.77. The molecule has 1 saturated heterocycles. The maximum absolute atomic E-state index is 6.03. The van der Waals surface area contributed by atoms with E-state index in [2.05, 4.69) is 34.2 Å². The van der Waals surface area contributed by atoms with Crippen LogP contribution in [0.25, 0.3) is 0 Å². The molecule has 0 amide bonds. The molecule has 1 fully saturated rings. The Morgan fingerprint density at radius 2 is 2.28 bits per heavy atom. The van der Waals surface area contributed by atoms with Crippen molar-refractivity contribution in [2.45, 2.75) is 26.2 Å². The number of rotatable bonds is 8. The van der Waals surface area contributed by atoms with E-state index in [-0.39, 0.29) is 0 Å². The molecule has 0 aliphatic carbocycles. The van der Waals surface area contributed by atoms with Crippen LogP contribution < -0.4 is 10.1 Å². The molecule has 0 unspecified atom stereocenters. The smallest absolute Gasteiger partial charge is 0.232 e. The Hall–Kier alpha value is -1.53. The van der Waals surface area contributed by atoms with Crippen LogP contribution in [0.2, 0.25) is 5.02 Å². The second-order valence-corrected chi connectivity index (χ2v) is 6.55. The first-order valence-electron chi connectivity index (χ1n) is 9.01. The molecular weight excluding hydrogens is 340 g/mol. The van der Waals surface area contributed by atoms with Crippen molar-refractivity contribution in [3.63, 3.8) is 0 Å². The summed E-state index contributed by atoms with van der Waals surface area (Å²) < 4.78 is 11.0. The second kappa shape index (κ2) is 11.2. The highest BCUT2D eigenvalue weighted by Crippen LogP contribution is 2.20. The van der Waals surface area contributed by atoms with Crippen molar-refractivity contribution in [1.82, 2.24) is 15.2 Å². The summed E-state index contributed by atoms with van der Waals surface area (Å²) in [6.07, 6.45) is 5.17. The Morgan fingerprint density at radius 1 is 1.48 bits per heavy atom. The fourth-order valence-electron chi connectivity index (χ4n) is 2.76. The van der Waals surface area contributed by atoms with Crippen molar-refractivity contribution in [3.05, 3.63) is 23.4 Å². The number of halogens is 1. The highest BCUT2D eigenvalue weighted by Gasteiger charge is 2.15. The number of hydrogen-bond donors (Lipinski definition) is 1. The normalized spacial score (nSPS) is 15.9. The van der Waals surface area contributed by atoms with Gasteiger partial charge in [-0.3, -0.25) is 0 Å². The van der Waals surface area contributed by atoms with Crippen LogP contribution in [0, 0.1) is 5.92 Å². The Labute approximate surface area is 155 Å². The van der Waals surface area contributed by atoms with Crippen LogP contribution in [0.5, 0.6) is 5.88 Å². The maximum atomic E-state index is 6.03. The molecule has 140 valence electrons. The van der Waals surface area contributed by atoms with E-state index < -0.39 is 0 Å². The highest BCUT2D eigenvalue weighted by atomic mass is 35.5. The van der Waals surface area contributed by atoms with E-state index in [1.165, 1.54) is 19.3 Å². The number of guanidine groups is 1. The lowest BCUT2D eigenvalue weighted by Crippen LogP contribution is -2.40. The van der Waals surface area contributed by atoms with Gasteiger partial charge >= 0.3 is 0 Å². The third kappa shape index (κ3) is 7.08. The average molecular weight is 369 g/mol. The predicted octanol–water partition coefficient (Wildman–Crippen LogP) is 2.83. The molecule has 2 rings (SSSR count). The highest BCUT2D eigenvalue weighted by molar-refractivity contribution is 6.31. The number of pyridine rings is 1. The summed E-state index contributed by atoms with van der Waals surface area (Å²) in [5.74, 6) is 2.12. The fraction of sp³-hybridized carbons (Fsp3) is 0.667. The van der Waals surface area contributed by atoms with Crippen molar-refractivity contribution in [2.24, 2.45) is 10.9 Å². The number of nitrogens with one attached hydrogen (secondary N) is 1. The summed E-state index contributed by atoms with van der Waals surface area (Å²) in [5, 5.41) is 3.85. The van der Waals surface area contributed by atoms with Gasteiger partial charge in [-0.15, -0.1) is 0 Å². The molecule has 1 aromatic rings. The van der Waals surface area contributed by atoms with E-state index >= 15 is 0 Å². The van der Waals surface area contributed by atoms with Gasteiger partial charge in [0.1, 0.15) is 11.6 Å². The largest absolute Gasteiger partial charge is 0.475 e. The van der Waals surface area contributed by atoms with E-state index in [4.69, 9.17) is 21.1 Å². The van der Waals surface area contributed by atoms with Crippen LogP contribution in [0.3, 0.4) is 0 Å². The molecule has 1 N–H and O–H groups in total. The van der Waals surface area contributed by atoms with Crippen molar-refractivity contribution >= 4 is 17.6 Å². The average Bonchev–Trinajstić information content (AvgIpc) is 2.64. The minimum absolute atomic E-state index is 0.444. The minimum Gasteiger partial charge on any atom is -0.475 e. The van der Waals surface area contributed by atoms with Crippen LogP contribution in [0.1, 0.15) is 26.2 Å². The zero-order chi connectivity index (χ0) is 17.9. The van der Waals surface area contributed by atoms with E-state index in [0.29, 0.717) is 24.1 Å². The predicted molar refractivity (Wildman–Crippen MR) is 102 cm³/mol. The van der Waals surface area contributed by atoms with Gasteiger partial charge in [0.2, 0.25) is 5.88 Å². The molecule has 0 radical (unpaired) electrons. The molecule has 2 heterocycles. The summed E-state index contributed by atoms with van der Waals surface area (Å²) in [6.45, 7) is 6.70. The fourth-order valence-corrected chi connectivity index (χ4v) is 2.93. The third-order valence-corrected chi connectivity index (χ3v) is 4.51. The molecule has 0 saturated carbocycles. The van der Waals surface area contributed by atoms with Crippen molar-refractivity contribution in [2.75, 3.05) is 46.5 Å². The van der Waals surface area contributed by atoms with Crippen molar-refractivity contribution in [3.8, 4) is 5.88 Å². The number of hydrogen-bond acceptors (Lipinski definition) is 4. The molecule has 1 aliphatic heterocycles. The van der Waals surface area contributed by atoms with Gasteiger partial charge in [0.15, 0.2) is 5.96 Å². The topological polar surface area (TPSA) is 59.0 Å². The summed E-state index contributed by atoms with van der Waals surface area (Å²) in [5.41, 5.74) is 0. The lowest BCUT2D eigenvalue weighted by molar-refractivity contribution is 0.0625. The molecule has 25 heavy (non-hydrogen) atoms. The molecule has 1 aliphatic rings. The van der Waals surface area contributed by atoms with E-state index in [9.17, 15) is 0 Å². The van der Waals surface area contributed by atoms with Crippen LogP contribution in [0.15, 0.2) is 23.3 Å². The van der Waals surface area contributed by atoms with Crippen molar-refractivity contribution < 1.29 is 9.47 Å². The number of aromatic nitrogens is 1. The summed E-state index contributed by atoms with van der Waals surface area (Å²) >= 11 is 6.03. The van der Waals surface area contributed by atoms with Crippen LogP contribution in [-0.4, -0.2) is 62.3 Å². The minimum atomic E-state index is 0.444. The van der Waals surface area contributed by atoms with Gasteiger partial charge in [-0.05, 0) is 44.2 Å². The monoisotopic (exact) mass is 368 g/mol. The molecule has 1 aromatic heterocycles. The standard InChI is InChI=1S/C18H29ClN4O2/c1-3-20-18(23(2)11-6-15-7-12-24-13-8-15)22-10-14-25-17-16(19)5-4-9-21-17/h4-5,9,15H,3,6-8,10-14H2,1-2H3,(H,20,22). The van der Waals surface area contributed by atoms with Gasteiger partial charge in [-0.1, -0.05) is 11.6 Å². The Morgan fingerprint density at radius 3 is 3.00 bits per heavy atom. The summed E-state index contributed by atoms with van der Waals surface area (Å²) in [6, 6.07) is 3.55. The SMILES string of the molecule is CCNC(=NCCOc1ncccc1Cl)N(C)CCC1CCOCC1. The lowest BCUT2D eigenvalue weighted by Gasteiger charge is -2.26. The lowest BCUT2D eigenvalue weighted by atomic mass is 9.96. The maximum Gasteiger partial charge on any atom is 0.232 e. The quantitative estimate of drug-likeness (QED) is 0.434. The molecular formula is C18H29ClN4O2. The molecule has 0 spiro atoms. The van der Waals surface area contributed by atoms with Crippen LogP contribution in [0.4, 0.5) is 0 Å². The van der Waals surface area contributed by atoms with E-state index in [0.717, 1.165) is 38.2 Å². The number of nitrogens with zero attached hydrogens (tertiary/aromatic N) is 3. The number of aliphatic imine (C=N–C) groups is 1. The molecule has 7 heteroatoms. The summed E-state index contributed by atoms with van der Waals surface area (Å²) in [4.78, 5) is 10.9. The van der Waals surface area contributed by atoms with E-state index in [1.54, 1.807) is 18.3 Å². The molecule has 0 bridgehead atoms. The molecule has 6 nitrogen and oxygen atoms in total. The number of ether oxygens (including phenoxy) is 2. The van der Waals surface area contributed by atoms with Gasteiger partial charge in [-0.25, -0.2) is 9.98 Å². The molecule has 0 aromatic carbocycles. The van der Waals surface area contributed by atoms with Gasteiger partial charge in [0.25, 0.3) is 0 Å². The zero-order valence-corrected chi connectivity index (χ0v) is 16.0. The Bertz CT molecular complexity index is 536. The van der Waals surface area contributed by atoms with Crippen LogP contribution >= 0.6 is 11.6 Å². The molecule has 0 atom stereocenters. The van der Waals surface area contributed by atoms with Gasteiger partial charge in [0, 0.05) is 39.5 Å².